The second-order valence-corrected chi connectivity index (χ2v) is 7.80. The molecule has 1 amide bonds. The highest BCUT2D eigenvalue weighted by atomic mass is 35.5. The number of hydrogen-bond acceptors (Lipinski definition) is 6. The van der Waals surface area contributed by atoms with Crippen LogP contribution < -0.4 is 5.32 Å². The molecular formula is C19H15ClN6O3S. The molecule has 0 aliphatic rings. The number of anilines is 1. The Morgan fingerprint density at radius 3 is 2.60 bits per heavy atom. The molecule has 30 heavy (non-hydrogen) atoms. The fourth-order valence-electron chi connectivity index (χ4n) is 2.80. The summed E-state index contributed by atoms with van der Waals surface area (Å²) in [5.41, 5.74) is 2.55. The van der Waals surface area contributed by atoms with Crippen molar-refractivity contribution in [2.45, 2.75) is 13.1 Å². The van der Waals surface area contributed by atoms with E-state index in [2.05, 4.69) is 15.5 Å². The van der Waals surface area contributed by atoms with Crippen molar-refractivity contribution in [3.05, 3.63) is 91.5 Å². The molecule has 0 atom stereocenters. The van der Waals surface area contributed by atoms with Crippen LogP contribution in [0, 0.1) is 10.1 Å². The van der Waals surface area contributed by atoms with Gasteiger partial charge in [0, 0.05) is 11.9 Å². The lowest BCUT2D eigenvalue weighted by Gasteiger charge is -2.06. The number of halogens is 1. The number of nitrogens with zero attached hydrogens (tertiary/aromatic N) is 5. The van der Waals surface area contributed by atoms with Gasteiger partial charge in [-0.3, -0.25) is 9.48 Å². The van der Waals surface area contributed by atoms with Gasteiger partial charge in [-0.05, 0) is 39.6 Å². The first kappa shape index (κ1) is 19.8. The van der Waals surface area contributed by atoms with E-state index in [0.717, 1.165) is 11.1 Å². The minimum Gasteiger partial charge on any atom is -0.358 e. The predicted molar refractivity (Wildman–Crippen MR) is 113 cm³/mol. The number of nitrogens with one attached hydrogen (secondary N) is 1. The van der Waals surface area contributed by atoms with Gasteiger partial charge >= 0.3 is 5.82 Å². The molecule has 152 valence electrons. The average molecular weight is 443 g/mol. The molecule has 0 unspecified atom stereocenters. The van der Waals surface area contributed by atoms with Crippen LogP contribution in [-0.2, 0) is 13.1 Å². The van der Waals surface area contributed by atoms with Crippen molar-refractivity contribution < 1.29 is 9.72 Å². The molecular weight excluding hydrogens is 428 g/mol. The molecule has 0 fully saturated rings. The lowest BCUT2D eigenvalue weighted by Crippen LogP contribution is -2.10. The Labute approximate surface area is 179 Å². The number of hydrogen-bond donors (Lipinski definition) is 1. The minimum atomic E-state index is -0.543. The van der Waals surface area contributed by atoms with Gasteiger partial charge in [0.25, 0.3) is 5.91 Å². The Bertz CT molecular complexity index is 1200. The minimum absolute atomic E-state index is 0.206. The second-order valence-electron chi connectivity index (χ2n) is 6.46. The average Bonchev–Trinajstić information content (AvgIpc) is 3.45. The third-order valence-electron chi connectivity index (χ3n) is 4.19. The van der Waals surface area contributed by atoms with Gasteiger partial charge in [0.05, 0.1) is 46.5 Å². The van der Waals surface area contributed by atoms with Gasteiger partial charge in [-0.2, -0.15) is 9.78 Å². The van der Waals surface area contributed by atoms with Crippen LogP contribution in [0.5, 0.6) is 0 Å². The SMILES string of the molecule is O=C(Nc1ccc(Cn2cc(Cl)cn2)cc1)c1cc(Cn2ccc([N+](=O)[O-])n2)cs1. The van der Waals surface area contributed by atoms with Gasteiger partial charge in [-0.1, -0.05) is 23.7 Å². The molecule has 4 rings (SSSR count). The van der Waals surface area contributed by atoms with Gasteiger partial charge in [0.15, 0.2) is 0 Å². The number of amides is 1. The Morgan fingerprint density at radius 2 is 1.93 bits per heavy atom. The van der Waals surface area contributed by atoms with E-state index in [1.165, 1.54) is 28.3 Å². The molecule has 0 bridgehead atoms. The molecule has 4 aromatic rings. The topological polar surface area (TPSA) is 108 Å². The predicted octanol–water partition coefficient (Wildman–Crippen LogP) is 4.05. The first-order valence-corrected chi connectivity index (χ1v) is 10.1. The van der Waals surface area contributed by atoms with Crippen molar-refractivity contribution in [2.24, 2.45) is 0 Å². The molecule has 1 N–H and O–H groups in total. The Kier molecular flexibility index (Phi) is 5.59. The number of benzene rings is 1. The van der Waals surface area contributed by atoms with Gasteiger partial charge in [-0.15, -0.1) is 11.3 Å². The van der Waals surface area contributed by atoms with Gasteiger partial charge < -0.3 is 15.4 Å². The molecule has 9 nitrogen and oxygen atoms in total. The first-order valence-electron chi connectivity index (χ1n) is 8.80. The monoisotopic (exact) mass is 442 g/mol. The number of nitro groups is 1. The fourth-order valence-corrected chi connectivity index (χ4v) is 3.75. The van der Waals surface area contributed by atoms with Crippen molar-refractivity contribution in [3.8, 4) is 0 Å². The van der Waals surface area contributed by atoms with E-state index < -0.39 is 4.92 Å². The van der Waals surface area contributed by atoms with Gasteiger partial charge in [0.1, 0.15) is 0 Å². The highest BCUT2D eigenvalue weighted by Crippen LogP contribution is 2.19. The van der Waals surface area contributed by atoms with Crippen molar-refractivity contribution >= 4 is 40.4 Å². The van der Waals surface area contributed by atoms with E-state index in [1.807, 2.05) is 29.6 Å². The zero-order chi connectivity index (χ0) is 21.1. The maximum absolute atomic E-state index is 12.5. The normalized spacial score (nSPS) is 10.8. The molecule has 3 heterocycles. The van der Waals surface area contributed by atoms with Crippen LogP contribution in [0.1, 0.15) is 20.8 Å². The third-order valence-corrected chi connectivity index (χ3v) is 5.37. The molecule has 0 radical (unpaired) electrons. The summed E-state index contributed by atoms with van der Waals surface area (Å²) < 4.78 is 3.20. The summed E-state index contributed by atoms with van der Waals surface area (Å²) in [7, 11) is 0. The number of carbonyl (C=O) groups is 1. The smallest absolute Gasteiger partial charge is 0.358 e. The van der Waals surface area contributed by atoms with Crippen molar-refractivity contribution in [1.29, 1.82) is 0 Å². The fraction of sp³-hybridized carbons (Fsp3) is 0.105. The van der Waals surface area contributed by atoms with Crippen LogP contribution in [0.2, 0.25) is 5.02 Å². The van der Waals surface area contributed by atoms with E-state index in [1.54, 1.807) is 23.1 Å². The van der Waals surface area contributed by atoms with Gasteiger partial charge in [-0.25, -0.2) is 0 Å². The van der Waals surface area contributed by atoms with E-state index in [9.17, 15) is 14.9 Å². The summed E-state index contributed by atoms with van der Waals surface area (Å²) >= 11 is 7.17. The lowest BCUT2D eigenvalue weighted by molar-refractivity contribution is -0.389. The van der Waals surface area contributed by atoms with Gasteiger partial charge in [0.2, 0.25) is 0 Å². The Hall–Kier alpha value is -3.50. The van der Waals surface area contributed by atoms with E-state index in [0.29, 0.717) is 28.7 Å². The zero-order valence-corrected chi connectivity index (χ0v) is 17.0. The van der Waals surface area contributed by atoms with Crippen LogP contribution in [0.15, 0.2) is 60.4 Å². The van der Waals surface area contributed by atoms with Crippen LogP contribution in [-0.4, -0.2) is 30.4 Å². The van der Waals surface area contributed by atoms with Crippen LogP contribution in [0.4, 0.5) is 11.5 Å². The quantitative estimate of drug-likeness (QED) is 0.343. The zero-order valence-electron chi connectivity index (χ0n) is 15.4. The van der Waals surface area contributed by atoms with Crippen LogP contribution >= 0.6 is 22.9 Å². The lowest BCUT2D eigenvalue weighted by atomic mass is 10.2. The summed E-state index contributed by atoms with van der Waals surface area (Å²) in [6.45, 7) is 0.935. The van der Waals surface area contributed by atoms with E-state index >= 15 is 0 Å². The van der Waals surface area contributed by atoms with Crippen LogP contribution in [0.25, 0.3) is 0 Å². The molecule has 0 saturated heterocycles. The van der Waals surface area contributed by atoms with Crippen molar-refractivity contribution in [2.75, 3.05) is 5.32 Å². The maximum Gasteiger partial charge on any atom is 0.389 e. The molecule has 0 aliphatic heterocycles. The first-order chi connectivity index (χ1) is 14.5. The summed E-state index contributed by atoms with van der Waals surface area (Å²) in [4.78, 5) is 23.2. The maximum atomic E-state index is 12.5. The molecule has 0 aliphatic carbocycles. The van der Waals surface area contributed by atoms with Crippen molar-refractivity contribution in [1.82, 2.24) is 19.6 Å². The largest absolute Gasteiger partial charge is 0.389 e. The Morgan fingerprint density at radius 1 is 1.17 bits per heavy atom. The molecule has 3 aromatic heterocycles. The Balaban J connectivity index is 1.36. The van der Waals surface area contributed by atoms with Crippen LogP contribution in [0.3, 0.4) is 0 Å². The molecule has 1 aromatic carbocycles. The molecule has 0 spiro atoms. The number of thiophene rings is 1. The number of rotatable bonds is 7. The second kappa shape index (κ2) is 8.47. The third kappa shape index (κ3) is 4.73. The highest BCUT2D eigenvalue weighted by molar-refractivity contribution is 7.12. The summed E-state index contributed by atoms with van der Waals surface area (Å²) in [5, 5.41) is 24.0. The summed E-state index contributed by atoms with van der Waals surface area (Å²) in [5.74, 6) is -0.424. The molecule has 11 heteroatoms. The number of carbonyl (C=O) groups excluding carboxylic acids is 1. The highest BCUT2D eigenvalue weighted by Gasteiger charge is 2.14. The summed E-state index contributed by atoms with van der Waals surface area (Å²) in [6, 6.07) is 10.6. The standard InChI is InChI=1S/C19H15ClN6O3S/c20-15-8-21-25(11-15)9-13-1-3-16(4-2-13)22-19(27)17-7-14(12-30-17)10-24-6-5-18(23-24)26(28)29/h1-8,11-12H,9-10H2,(H,22,27). The number of aromatic nitrogens is 4. The molecule has 0 saturated carbocycles. The van der Waals surface area contributed by atoms with E-state index in [-0.39, 0.29) is 11.7 Å². The van der Waals surface area contributed by atoms with Crippen molar-refractivity contribution in [3.63, 3.8) is 0 Å². The van der Waals surface area contributed by atoms with E-state index in [4.69, 9.17) is 11.6 Å². The summed E-state index contributed by atoms with van der Waals surface area (Å²) in [6.07, 6.45) is 4.86.